The Morgan fingerprint density at radius 2 is 2.27 bits per heavy atom. The number of rotatable bonds is 7. The SMILES string of the molecule is Cc1nn(C)cc1C(C)NC(=O)CCCc1nc(-c2cccnc2)no1. The van der Waals surface area contributed by atoms with E-state index in [1.165, 1.54) is 0 Å². The average molecular weight is 354 g/mol. The monoisotopic (exact) mass is 354 g/mol. The zero-order valence-electron chi connectivity index (χ0n) is 15.1. The summed E-state index contributed by atoms with van der Waals surface area (Å²) in [4.78, 5) is 20.5. The number of hydrogen-bond acceptors (Lipinski definition) is 6. The fourth-order valence-corrected chi connectivity index (χ4v) is 2.80. The topological polar surface area (TPSA) is 98.7 Å². The largest absolute Gasteiger partial charge is 0.349 e. The zero-order chi connectivity index (χ0) is 18.5. The van der Waals surface area contributed by atoms with Crippen LogP contribution >= 0.6 is 0 Å². The molecule has 0 saturated heterocycles. The lowest BCUT2D eigenvalue weighted by molar-refractivity contribution is -0.121. The van der Waals surface area contributed by atoms with Crippen molar-refractivity contribution in [2.24, 2.45) is 7.05 Å². The normalized spacial score (nSPS) is 12.1. The number of nitrogens with zero attached hydrogens (tertiary/aromatic N) is 5. The summed E-state index contributed by atoms with van der Waals surface area (Å²) in [6.07, 6.45) is 6.90. The third-order valence-corrected chi connectivity index (χ3v) is 4.08. The van der Waals surface area contributed by atoms with E-state index in [9.17, 15) is 4.79 Å². The van der Waals surface area contributed by atoms with E-state index < -0.39 is 0 Å². The molecule has 8 heteroatoms. The van der Waals surface area contributed by atoms with Crippen molar-refractivity contribution >= 4 is 5.91 Å². The van der Waals surface area contributed by atoms with Crippen molar-refractivity contribution in [3.63, 3.8) is 0 Å². The maximum atomic E-state index is 12.1. The molecule has 0 saturated carbocycles. The first-order chi connectivity index (χ1) is 12.5. The van der Waals surface area contributed by atoms with Gasteiger partial charge in [0.15, 0.2) is 0 Å². The second-order valence-electron chi connectivity index (χ2n) is 6.24. The Labute approximate surface area is 151 Å². The number of nitrogens with one attached hydrogen (secondary N) is 1. The molecule has 0 aliphatic rings. The molecule has 0 aliphatic heterocycles. The number of amides is 1. The second-order valence-corrected chi connectivity index (χ2v) is 6.24. The molecular formula is C18H22N6O2. The molecule has 3 rings (SSSR count). The minimum Gasteiger partial charge on any atom is -0.349 e. The molecule has 0 spiro atoms. The molecule has 1 N–H and O–H groups in total. The van der Waals surface area contributed by atoms with Gasteiger partial charge in [0, 0.05) is 49.6 Å². The third-order valence-electron chi connectivity index (χ3n) is 4.08. The number of aryl methyl sites for hydroxylation is 3. The van der Waals surface area contributed by atoms with Crippen LogP contribution in [0.5, 0.6) is 0 Å². The second kappa shape index (κ2) is 7.90. The molecule has 0 aliphatic carbocycles. The van der Waals surface area contributed by atoms with Crippen LogP contribution in [-0.4, -0.2) is 30.8 Å². The van der Waals surface area contributed by atoms with E-state index in [0.29, 0.717) is 31.0 Å². The first-order valence-electron chi connectivity index (χ1n) is 8.55. The summed E-state index contributed by atoms with van der Waals surface area (Å²) < 4.78 is 6.99. The first kappa shape index (κ1) is 17.8. The molecule has 8 nitrogen and oxygen atoms in total. The van der Waals surface area contributed by atoms with Gasteiger partial charge in [0.25, 0.3) is 0 Å². The first-order valence-corrected chi connectivity index (χ1v) is 8.55. The highest BCUT2D eigenvalue weighted by Gasteiger charge is 2.15. The lowest BCUT2D eigenvalue weighted by Crippen LogP contribution is -2.26. The highest BCUT2D eigenvalue weighted by atomic mass is 16.5. The summed E-state index contributed by atoms with van der Waals surface area (Å²) in [5, 5.41) is 11.3. The smallest absolute Gasteiger partial charge is 0.226 e. The van der Waals surface area contributed by atoms with Gasteiger partial charge in [0.2, 0.25) is 17.6 Å². The van der Waals surface area contributed by atoms with Crippen molar-refractivity contribution in [1.29, 1.82) is 0 Å². The minimum atomic E-state index is -0.0724. The van der Waals surface area contributed by atoms with Crippen LogP contribution in [-0.2, 0) is 18.3 Å². The maximum absolute atomic E-state index is 12.1. The van der Waals surface area contributed by atoms with Crippen molar-refractivity contribution in [3.05, 3.63) is 47.9 Å². The van der Waals surface area contributed by atoms with Gasteiger partial charge >= 0.3 is 0 Å². The van der Waals surface area contributed by atoms with Crippen LogP contribution in [0, 0.1) is 6.92 Å². The van der Waals surface area contributed by atoms with Crippen molar-refractivity contribution in [3.8, 4) is 11.4 Å². The quantitative estimate of drug-likeness (QED) is 0.699. The fraction of sp³-hybridized carbons (Fsp3) is 0.389. The van der Waals surface area contributed by atoms with E-state index >= 15 is 0 Å². The summed E-state index contributed by atoms with van der Waals surface area (Å²) in [6.45, 7) is 3.90. The molecular weight excluding hydrogens is 332 g/mol. The van der Waals surface area contributed by atoms with Gasteiger partial charge in [-0.3, -0.25) is 14.5 Å². The van der Waals surface area contributed by atoms with Gasteiger partial charge < -0.3 is 9.84 Å². The van der Waals surface area contributed by atoms with E-state index in [1.54, 1.807) is 17.1 Å². The van der Waals surface area contributed by atoms with Crippen molar-refractivity contribution < 1.29 is 9.32 Å². The van der Waals surface area contributed by atoms with E-state index in [1.807, 2.05) is 39.2 Å². The maximum Gasteiger partial charge on any atom is 0.226 e. The van der Waals surface area contributed by atoms with Gasteiger partial charge in [-0.25, -0.2) is 0 Å². The summed E-state index contributed by atoms with van der Waals surface area (Å²) in [5.74, 6) is 1.03. The number of carbonyl (C=O) groups is 1. The van der Waals surface area contributed by atoms with Gasteiger partial charge in [0.1, 0.15) is 0 Å². The van der Waals surface area contributed by atoms with Crippen LogP contribution < -0.4 is 5.32 Å². The van der Waals surface area contributed by atoms with Crippen LogP contribution in [0.1, 0.15) is 43.0 Å². The average Bonchev–Trinajstić information content (AvgIpc) is 3.22. The Kier molecular flexibility index (Phi) is 5.40. The van der Waals surface area contributed by atoms with Crippen LogP contribution in [0.3, 0.4) is 0 Å². The third kappa shape index (κ3) is 4.33. The molecule has 0 bridgehead atoms. The summed E-state index contributed by atoms with van der Waals surface area (Å²) in [5.41, 5.74) is 2.76. The van der Waals surface area contributed by atoms with E-state index in [2.05, 4.69) is 25.5 Å². The van der Waals surface area contributed by atoms with Crippen LogP contribution in [0.15, 0.2) is 35.2 Å². The summed E-state index contributed by atoms with van der Waals surface area (Å²) in [6, 6.07) is 3.62. The Hall–Kier alpha value is -3.03. The molecule has 136 valence electrons. The molecule has 3 aromatic heterocycles. The predicted molar refractivity (Wildman–Crippen MR) is 95.0 cm³/mol. The van der Waals surface area contributed by atoms with E-state index in [-0.39, 0.29) is 11.9 Å². The van der Waals surface area contributed by atoms with Gasteiger partial charge in [-0.15, -0.1) is 0 Å². The van der Waals surface area contributed by atoms with Gasteiger partial charge in [-0.2, -0.15) is 10.1 Å². The molecule has 1 unspecified atom stereocenters. The van der Waals surface area contributed by atoms with Crippen molar-refractivity contribution in [2.75, 3.05) is 0 Å². The summed E-state index contributed by atoms with van der Waals surface area (Å²) >= 11 is 0. The van der Waals surface area contributed by atoms with E-state index in [4.69, 9.17) is 4.52 Å². The predicted octanol–water partition coefficient (Wildman–Crippen LogP) is 2.37. The molecule has 3 heterocycles. The lowest BCUT2D eigenvalue weighted by atomic mass is 10.1. The number of pyridine rings is 1. The van der Waals surface area contributed by atoms with Crippen LogP contribution in [0.2, 0.25) is 0 Å². The van der Waals surface area contributed by atoms with Gasteiger partial charge in [0.05, 0.1) is 11.7 Å². The number of carbonyl (C=O) groups excluding carboxylic acids is 1. The van der Waals surface area contributed by atoms with E-state index in [0.717, 1.165) is 16.8 Å². The Balaban J connectivity index is 1.47. The van der Waals surface area contributed by atoms with Crippen LogP contribution in [0.4, 0.5) is 0 Å². The van der Waals surface area contributed by atoms with Gasteiger partial charge in [-0.05, 0) is 32.4 Å². The highest BCUT2D eigenvalue weighted by Crippen LogP contribution is 2.17. The molecule has 26 heavy (non-hydrogen) atoms. The fourth-order valence-electron chi connectivity index (χ4n) is 2.80. The number of aromatic nitrogens is 5. The molecule has 0 fully saturated rings. The number of hydrogen-bond donors (Lipinski definition) is 1. The molecule has 1 amide bonds. The molecule has 3 aromatic rings. The molecule has 0 radical (unpaired) electrons. The molecule has 1 atom stereocenters. The van der Waals surface area contributed by atoms with Crippen molar-refractivity contribution in [2.45, 2.75) is 39.2 Å². The standard InChI is InChI=1S/C18H22N6O2/c1-12(15-11-24(3)22-13(15)2)20-16(25)7-4-8-17-21-18(23-26-17)14-6-5-9-19-10-14/h5-6,9-12H,4,7-8H2,1-3H3,(H,20,25). The summed E-state index contributed by atoms with van der Waals surface area (Å²) in [7, 11) is 1.87. The Morgan fingerprint density at radius 3 is 2.96 bits per heavy atom. The Morgan fingerprint density at radius 1 is 1.42 bits per heavy atom. The lowest BCUT2D eigenvalue weighted by Gasteiger charge is -2.12. The van der Waals surface area contributed by atoms with Crippen molar-refractivity contribution in [1.82, 2.24) is 30.2 Å². The molecule has 0 aromatic carbocycles. The highest BCUT2D eigenvalue weighted by molar-refractivity contribution is 5.76. The Bertz CT molecular complexity index is 871. The van der Waals surface area contributed by atoms with Gasteiger partial charge in [-0.1, -0.05) is 5.16 Å². The minimum absolute atomic E-state index is 0.00671. The zero-order valence-corrected chi connectivity index (χ0v) is 15.1. The van der Waals surface area contributed by atoms with Crippen LogP contribution in [0.25, 0.3) is 11.4 Å².